The molecule has 10 nitrogen and oxygen atoms in total. The maximum absolute atomic E-state index is 14.5. The second kappa shape index (κ2) is 9.72. The number of fused-ring (bicyclic) bond motifs is 4. The SMILES string of the molecule is C=C1CCC2(C)CCC3(C)C4C(OC(C)=O)C(O)C56COC(OC)C4(CCC3(C(=O)OC)C2(O)C1)C5CC(O)C(O)C6C. The Balaban J connectivity index is 1.66. The molecule has 2 bridgehead atoms. The molecular formula is C33H50O10. The Hall–Kier alpha value is -1.56. The van der Waals surface area contributed by atoms with Crippen LogP contribution in [0.2, 0.25) is 0 Å². The van der Waals surface area contributed by atoms with E-state index in [-0.39, 0.29) is 25.9 Å². The number of carbonyl (C=O) groups excluding carboxylic acids is 2. The highest BCUT2D eigenvalue weighted by molar-refractivity contribution is 5.81. The lowest BCUT2D eigenvalue weighted by Gasteiger charge is -2.79. The lowest BCUT2D eigenvalue weighted by atomic mass is 9.27. The van der Waals surface area contributed by atoms with Crippen LogP contribution in [0.3, 0.4) is 0 Å². The number of carbonyl (C=O) groups is 2. The van der Waals surface area contributed by atoms with Crippen LogP contribution in [-0.4, -0.2) is 89.5 Å². The number of esters is 2. The van der Waals surface area contributed by atoms with Gasteiger partial charge < -0.3 is 39.4 Å². The molecule has 6 aliphatic rings. The number of rotatable bonds is 3. The third-order valence-electron chi connectivity index (χ3n) is 14.3. The third kappa shape index (κ3) is 3.41. The summed E-state index contributed by atoms with van der Waals surface area (Å²) in [5.41, 5.74) is -5.68. The van der Waals surface area contributed by atoms with E-state index in [0.717, 1.165) is 12.0 Å². The minimum atomic E-state index is -1.51. The number of ether oxygens (including phenoxy) is 4. The molecule has 0 aromatic heterocycles. The van der Waals surface area contributed by atoms with Gasteiger partial charge in [-0.2, -0.15) is 0 Å². The number of aliphatic hydroxyl groups excluding tert-OH is 3. The Morgan fingerprint density at radius 2 is 1.72 bits per heavy atom. The van der Waals surface area contributed by atoms with Gasteiger partial charge in [-0.1, -0.05) is 32.9 Å². The first kappa shape index (κ1) is 31.4. The van der Waals surface area contributed by atoms with Crippen LogP contribution in [0.25, 0.3) is 0 Å². The fourth-order valence-corrected chi connectivity index (χ4v) is 12.3. The van der Waals surface area contributed by atoms with Crippen molar-refractivity contribution < 1.29 is 49.0 Å². The van der Waals surface area contributed by atoms with Crippen molar-refractivity contribution in [1.29, 1.82) is 0 Å². The van der Waals surface area contributed by atoms with Gasteiger partial charge >= 0.3 is 11.9 Å². The molecule has 0 aromatic rings. The van der Waals surface area contributed by atoms with Crippen LogP contribution in [0.5, 0.6) is 0 Å². The molecule has 4 N–H and O–H groups in total. The predicted octanol–water partition coefficient (Wildman–Crippen LogP) is 2.49. The van der Waals surface area contributed by atoms with E-state index < -0.39 is 93.1 Å². The van der Waals surface area contributed by atoms with Crippen LogP contribution in [0, 0.1) is 44.8 Å². The number of hydrogen-bond donors (Lipinski definition) is 4. The fourth-order valence-electron chi connectivity index (χ4n) is 12.3. The van der Waals surface area contributed by atoms with Gasteiger partial charge in [0, 0.05) is 30.8 Å². The summed E-state index contributed by atoms with van der Waals surface area (Å²) in [6, 6.07) is 0. The molecule has 5 aliphatic carbocycles. The Morgan fingerprint density at radius 1 is 1.02 bits per heavy atom. The van der Waals surface area contributed by atoms with E-state index in [2.05, 4.69) is 13.5 Å². The average molecular weight is 607 g/mol. The van der Waals surface area contributed by atoms with Crippen LogP contribution in [0.15, 0.2) is 12.2 Å². The Bertz CT molecular complexity index is 1210. The quantitative estimate of drug-likeness (QED) is 0.279. The molecule has 10 heteroatoms. The molecule has 0 aromatic carbocycles. The van der Waals surface area contributed by atoms with E-state index in [1.165, 1.54) is 14.0 Å². The molecule has 0 amide bonds. The topological polar surface area (TPSA) is 152 Å². The first-order valence-electron chi connectivity index (χ1n) is 15.9. The number of hydrogen-bond acceptors (Lipinski definition) is 10. The minimum absolute atomic E-state index is 0.0508. The molecule has 43 heavy (non-hydrogen) atoms. The zero-order valence-electron chi connectivity index (χ0n) is 26.4. The molecule has 0 radical (unpaired) electrons. The monoisotopic (exact) mass is 606 g/mol. The van der Waals surface area contributed by atoms with Crippen molar-refractivity contribution in [3.63, 3.8) is 0 Å². The van der Waals surface area contributed by atoms with E-state index in [1.54, 1.807) is 7.11 Å². The van der Waals surface area contributed by atoms with Gasteiger partial charge in [0.15, 0.2) is 6.29 Å². The molecule has 1 spiro atoms. The van der Waals surface area contributed by atoms with Gasteiger partial charge in [-0.25, -0.2) is 0 Å². The molecule has 14 atom stereocenters. The minimum Gasteiger partial charge on any atom is -0.468 e. The first-order valence-corrected chi connectivity index (χ1v) is 15.9. The van der Waals surface area contributed by atoms with Crippen LogP contribution in [-0.2, 0) is 28.5 Å². The van der Waals surface area contributed by atoms with Gasteiger partial charge in [0.25, 0.3) is 0 Å². The van der Waals surface area contributed by atoms with E-state index in [1.807, 2.05) is 13.8 Å². The van der Waals surface area contributed by atoms with Crippen molar-refractivity contribution in [2.75, 3.05) is 20.8 Å². The normalized spacial score (nSPS) is 55.6. The summed E-state index contributed by atoms with van der Waals surface area (Å²) in [5.74, 6) is -2.79. The third-order valence-corrected chi connectivity index (χ3v) is 14.3. The number of methoxy groups -OCH3 is 2. The largest absolute Gasteiger partial charge is 0.468 e. The van der Waals surface area contributed by atoms with Crippen molar-refractivity contribution in [1.82, 2.24) is 0 Å². The zero-order chi connectivity index (χ0) is 31.5. The highest BCUT2D eigenvalue weighted by atomic mass is 16.7. The van der Waals surface area contributed by atoms with Crippen molar-refractivity contribution in [2.24, 2.45) is 44.8 Å². The van der Waals surface area contributed by atoms with Crippen molar-refractivity contribution in [2.45, 2.75) is 115 Å². The summed E-state index contributed by atoms with van der Waals surface area (Å²) in [5, 5.41) is 47.9. The molecule has 6 fully saturated rings. The lowest BCUT2D eigenvalue weighted by Crippen LogP contribution is -2.84. The van der Waals surface area contributed by atoms with Crippen LogP contribution in [0.4, 0.5) is 0 Å². The van der Waals surface area contributed by atoms with Gasteiger partial charge in [0.05, 0.1) is 37.6 Å². The van der Waals surface area contributed by atoms with Crippen molar-refractivity contribution in [3.05, 3.63) is 12.2 Å². The molecule has 242 valence electrons. The van der Waals surface area contributed by atoms with E-state index in [9.17, 15) is 30.0 Å². The highest BCUT2D eigenvalue weighted by Gasteiger charge is 2.85. The standard InChI is InChI=1S/C33H50O10/c1-17-8-9-28(4)10-11-29(5)24-23(43-19(3)34)25(37)31-16-42-27(41-7)30(24,21(31)14-20(35)22(36)18(31)2)12-13-32(29,26(38)40-6)33(28,39)15-17/h18,20-25,27,35-37,39H,1,8-16H2,2-7H3. The van der Waals surface area contributed by atoms with Crippen LogP contribution < -0.4 is 0 Å². The summed E-state index contributed by atoms with van der Waals surface area (Å²) >= 11 is 0. The molecule has 5 saturated carbocycles. The molecule has 1 heterocycles. The predicted molar refractivity (Wildman–Crippen MR) is 153 cm³/mol. The summed E-state index contributed by atoms with van der Waals surface area (Å²) in [6.07, 6.45) is -1.76. The summed E-state index contributed by atoms with van der Waals surface area (Å²) in [4.78, 5) is 27.3. The fraction of sp³-hybridized carbons (Fsp3) is 0.879. The van der Waals surface area contributed by atoms with E-state index in [0.29, 0.717) is 25.7 Å². The van der Waals surface area contributed by atoms with E-state index >= 15 is 0 Å². The van der Waals surface area contributed by atoms with Gasteiger partial charge in [0.2, 0.25) is 0 Å². The van der Waals surface area contributed by atoms with Gasteiger partial charge in [-0.05, 0) is 74.0 Å². The van der Waals surface area contributed by atoms with Crippen molar-refractivity contribution in [3.8, 4) is 0 Å². The molecule has 1 saturated heterocycles. The Kier molecular flexibility index (Phi) is 7.10. The van der Waals surface area contributed by atoms with Gasteiger partial charge in [-0.3, -0.25) is 9.59 Å². The Labute approximate surface area is 254 Å². The number of aliphatic hydroxyl groups is 4. The lowest BCUT2D eigenvalue weighted by molar-refractivity contribution is -0.420. The molecule has 14 unspecified atom stereocenters. The average Bonchev–Trinajstić information content (AvgIpc) is 2.95. The van der Waals surface area contributed by atoms with Crippen molar-refractivity contribution >= 4 is 11.9 Å². The summed E-state index contributed by atoms with van der Waals surface area (Å²) in [6.45, 7) is 11.5. The maximum atomic E-state index is 14.5. The molecular weight excluding hydrogens is 556 g/mol. The van der Waals surface area contributed by atoms with Gasteiger partial charge in [-0.15, -0.1) is 0 Å². The van der Waals surface area contributed by atoms with Crippen LogP contribution in [0.1, 0.15) is 79.1 Å². The van der Waals surface area contributed by atoms with Gasteiger partial charge in [0.1, 0.15) is 11.5 Å². The second-order valence-electron chi connectivity index (χ2n) is 15.4. The van der Waals surface area contributed by atoms with E-state index in [4.69, 9.17) is 18.9 Å². The second-order valence-corrected chi connectivity index (χ2v) is 15.4. The smallest absolute Gasteiger partial charge is 0.315 e. The molecule has 1 aliphatic heterocycles. The highest BCUT2D eigenvalue weighted by Crippen LogP contribution is 2.81. The first-order chi connectivity index (χ1) is 20.1. The summed E-state index contributed by atoms with van der Waals surface area (Å²) in [7, 11) is 2.91. The Morgan fingerprint density at radius 3 is 2.35 bits per heavy atom. The summed E-state index contributed by atoms with van der Waals surface area (Å²) < 4.78 is 24.3. The zero-order valence-corrected chi connectivity index (χ0v) is 26.4. The molecule has 6 rings (SSSR count). The maximum Gasteiger partial charge on any atom is 0.315 e. The van der Waals surface area contributed by atoms with Crippen LogP contribution >= 0.6 is 0 Å².